The molecule has 5 heteroatoms. The molecule has 0 aliphatic rings. The molecule has 1 N–H and O–H groups in total. The van der Waals surface area contributed by atoms with Crippen LogP contribution in [0.4, 0.5) is 0 Å². The molecule has 0 fully saturated rings. The number of para-hydroxylation sites is 1. The number of rotatable bonds is 8. The number of carbonyl (C=O) groups excluding carboxylic acids is 2. The number of carbonyl (C=O) groups is 2. The Kier molecular flexibility index (Phi) is 7.22. The van der Waals surface area contributed by atoms with E-state index in [1.165, 1.54) is 7.11 Å². The summed E-state index contributed by atoms with van der Waals surface area (Å²) in [5.41, 5.74) is 2.51. The molecule has 0 aliphatic carbocycles. The van der Waals surface area contributed by atoms with Gasteiger partial charge in [-0.05, 0) is 22.8 Å². The van der Waals surface area contributed by atoms with E-state index >= 15 is 0 Å². The summed E-state index contributed by atoms with van der Waals surface area (Å²) in [6, 6.07) is 25.6. The van der Waals surface area contributed by atoms with Gasteiger partial charge in [0.25, 0.3) is 0 Å². The van der Waals surface area contributed by atoms with Crippen LogP contribution in [0.5, 0.6) is 5.75 Å². The highest BCUT2D eigenvalue weighted by molar-refractivity contribution is 5.91. The average Bonchev–Trinajstić information content (AvgIpc) is 2.80. The molecule has 0 saturated carbocycles. The quantitative estimate of drug-likeness (QED) is 0.582. The minimum Gasteiger partial charge on any atom is -0.496 e. The minimum absolute atomic E-state index is 0.263. The van der Waals surface area contributed by atoms with Crippen molar-refractivity contribution in [2.75, 3.05) is 14.2 Å². The number of hydrogen-bond donors (Lipinski definition) is 1. The maximum atomic E-state index is 13.4. The van der Waals surface area contributed by atoms with Gasteiger partial charge in [-0.1, -0.05) is 78.9 Å². The molecule has 30 heavy (non-hydrogen) atoms. The van der Waals surface area contributed by atoms with Crippen molar-refractivity contribution in [1.82, 2.24) is 5.32 Å². The molecule has 1 atom stereocenters. The molecule has 0 heterocycles. The molecule has 0 unspecified atom stereocenters. The summed E-state index contributed by atoms with van der Waals surface area (Å²) < 4.78 is 10.3. The van der Waals surface area contributed by atoms with Gasteiger partial charge in [0, 0.05) is 6.42 Å². The summed E-state index contributed by atoms with van der Waals surface area (Å²) >= 11 is 0. The highest BCUT2D eigenvalue weighted by Gasteiger charge is 2.29. The van der Waals surface area contributed by atoms with Crippen molar-refractivity contribution in [3.05, 3.63) is 102 Å². The van der Waals surface area contributed by atoms with Crippen LogP contribution in [-0.2, 0) is 20.7 Å². The first-order valence-electron chi connectivity index (χ1n) is 9.74. The molecule has 0 aliphatic heterocycles. The Morgan fingerprint density at radius 2 is 1.33 bits per heavy atom. The van der Waals surface area contributed by atoms with Crippen LogP contribution in [0.15, 0.2) is 84.9 Å². The molecule has 3 rings (SSSR count). The Balaban J connectivity index is 1.90. The zero-order valence-corrected chi connectivity index (χ0v) is 17.1. The number of amides is 1. The van der Waals surface area contributed by atoms with Crippen LogP contribution in [0.3, 0.4) is 0 Å². The molecule has 0 aromatic heterocycles. The number of benzene rings is 3. The second kappa shape index (κ2) is 10.3. The fourth-order valence-electron chi connectivity index (χ4n) is 3.47. The summed E-state index contributed by atoms with van der Waals surface area (Å²) in [6.45, 7) is 0. The van der Waals surface area contributed by atoms with E-state index < -0.39 is 17.9 Å². The summed E-state index contributed by atoms with van der Waals surface area (Å²) in [5.74, 6) is -0.660. The molecular formula is C25H25NO4. The van der Waals surface area contributed by atoms with Crippen molar-refractivity contribution in [2.24, 2.45) is 0 Å². The van der Waals surface area contributed by atoms with E-state index in [-0.39, 0.29) is 12.3 Å². The smallest absolute Gasteiger partial charge is 0.328 e. The lowest BCUT2D eigenvalue weighted by Gasteiger charge is -2.22. The van der Waals surface area contributed by atoms with E-state index in [1.54, 1.807) is 7.11 Å². The van der Waals surface area contributed by atoms with Crippen molar-refractivity contribution in [2.45, 2.75) is 18.4 Å². The van der Waals surface area contributed by atoms with E-state index in [0.717, 1.165) is 16.7 Å². The summed E-state index contributed by atoms with van der Waals surface area (Å²) in [4.78, 5) is 25.8. The number of nitrogens with one attached hydrogen (secondary N) is 1. The summed E-state index contributed by atoms with van der Waals surface area (Å²) in [6.07, 6.45) is 0.263. The lowest BCUT2D eigenvalue weighted by molar-refractivity contribution is -0.145. The topological polar surface area (TPSA) is 64.6 Å². The van der Waals surface area contributed by atoms with Gasteiger partial charge in [0.1, 0.15) is 11.8 Å². The van der Waals surface area contributed by atoms with Crippen LogP contribution < -0.4 is 10.1 Å². The molecule has 0 spiro atoms. The van der Waals surface area contributed by atoms with E-state index in [0.29, 0.717) is 5.75 Å². The van der Waals surface area contributed by atoms with Gasteiger partial charge in [-0.3, -0.25) is 4.79 Å². The van der Waals surface area contributed by atoms with Gasteiger partial charge in [-0.2, -0.15) is 0 Å². The molecule has 1 amide bonds. The average molecular weight is 403 g/mol. The summed E-state index contributed by atoms with van der Waals surface area (Å²) in [5, 5.41) is 2.90. The van der Waals surface area contributed by atoms with E-state index in [9.17, 15) is 9.59 Å². The lowest BCUT2D eigenvalue weighted by atomic mass is 9.90. The molecular weight excluding hydrogens is 378 g/mol. The number of hydrogen-bond acceptors (Lipinski definition) is 4. The third-order valence-corrected chi connectivity index (χ3v) is 4.95. The molecule has 0 saturated heterocycles. The second-order valence-corrected chi connectivity index (χ2v) is 6.85. The Hall–Kier alpha value is -3.60. The first-order chi connectivity index (χ1) is 14.6. The standard InChI is InChI=1S/C25H25NO4/c1-29-22-16-10-9-15-20(22)17-21(25(28)30-2)26-24(27)23(18-11-5-3-6-12-18)19-13-7-4-8-14-19/h3-16,21,23H,17H2,1-2H3,(H,26,27)/t21-/m1/s1. The SMILES string of the molecule is COC(=O)[C@@H](Cc1ccccc1OC)NC(=O)C(c1ccccc1)c1ccccc1. The maximum absolute atomic E-state index is 13.4. The van der Waals surface area contributed by atoms with Gasteiger partial charge < -0.3 is 14.8 Å². The molecule has 0 radical (unpaired) electrons. The maximum Gasteiger partial charge on any atom is 0.328 e. The molecule has 3 aromatic rings. The predicted molar refractivity (Wildman–Crippen MR) is 115 cm³/mol. The Morgan fingerprint density at radius 1 is 0.800 bits per heavy atom. The van der Waals surface area contributed by atoms with Crippen molar-refractivity contribution in [3.8, 4) is 5.75 Å². The Labute approximate surface area is 176 Å². The van der Waals surface area contributed by atoms with Gasteiger partial charge in [0.15, 0.2) is 0 Å². The van der Waals surface area contributed by atoms with Gasteiger partial charge >= 0.3 is 5.97 Å². The fourth-order valence-corrected chi connectivity index (χ4v) is 3.47. The zero-order valence-electron chi connectivity index (χ0n) is 17.1. The Bertz CT molecular complexity index is 933. The van der Waals surface area contributed by atoms with Crippen LogP contribution in [-0.4, -0.2) is 32.1 Å². The number of methoxy groups -OCH3 is 2. The van der Waals surface area contributed by atoms with Crippen molar-refractivity contribution in [1.29, 1.82) is 0 Å². The van der Waals surface area contributed by atoms with E-state index in [1.807, 2.05) is 84.9 Å². The van der Waals surface area contributed by atoms with Crippen molar-refractivity contribution in [3.63, 3.8) is 0 Å². The predicted octanol–water partition coefficient (Wildman–Crippen LogP) is 3.73. The monoisotopic (exact) mass is 403 g/mol. The third-order valence-electron chi connectivity index (χ3n) is 4.95. The highest BCUT2D eigenvalue weighted by atomic mass is 16.5. The second-order valence-electron chi connectivity index (χ2n) is 6.85. The molecule has 0 bridgehead atoms. The van der Waals surface area contributed by atoms with Crippen LogP contribution in [0, 0.1) is 0 Å². The fraction of sp³-hybridized carbons (Fsp3) is 0.200. The molecule has 5 nitrogen and oxygen atoms in total. The van der Waals surface area contributed by atoms with Crippen LogP contribution in [0.25, 0.3) is 0 Å². The summed E-state index contributed by atoms with van der Waals surface area (Å²) in [7, 11) is 2.89. The largest absolute Gasteiger partial charge is 0.496 e. The van der Waals surface area contributed by atoms with Gasteiger partial charge in [0.05, 0.1) is 20.1 Å². The van der Waals surface area contributed by atoms with Gasteiger partial charge in [0.2, 0.25) is 5.91 Å². The normalized spacial score (nSPS) is 11.6. The Morgan fingerprint density at radius 3 is 1.87 bits per heavy atom. The minimum atomic E-state index is -0.839. The molecule has 3 aromatic carbocycles. The number of ether oxygens (including phenoxy) is 2. The first kappa shape index (κ1) is 21.1. The van der Waals surface area contributed by atoms with Crippen molar-refractivity contribution < 1.29 is 19.1 Å². The number of esters is 1. The van der Waals surface area contributed by atoms with E-state index in [4.69, 9.17) is 9.47 Å². The third kappa shape index (κ3) is 5.06. The van der Waals surface area contributed by atoms with Crippen LogP contribution in [0.2, 0.25) is 0 Å². The highest BCUT2D eigenvalue weighted by Crippen LogP contribution is 2.26. The van der Waals surface area contributed by atoms with Gasteiger partial charge in [-0.25, -0.2) is 4.79 Å². The van der Waals surface area contributed by atoms with Crippen molar-refractivity contribution >= 4 is 11.9 Å². The van der Waals surface area contributed by atoms with E-state index in [2.05, 4.69) is 5.32 Å². The van der Waals surface area contributed by atoms with Gasteiger partial charge in [-0.15, -0.1) is 0 Å². The first-order valence-corrected chi connectivity index (χ1v) is 9.74. The zero-order chi connectivity index (χ0) is 21.3. The van der Waals surface area contributed by atoms with Crippen LogP contribution >= 0.6 is 0 Å². The lowest BCUT2D eigenvalue weighted by Crippen LogP contribution is -2.45. The van der Waals surface area contributed by atoms with Crippen LogP contribution in [0.1, 0.15) is 22.6 Å². The molecule has 154 valence electrons.